The van der Waals surface area contributed by atoms with Crippen LogP contribution in [0.1, 0.15) is 24.3 Å². The monoisotopic (exact) mass is 473 g/mol. The summed E-state index contributed by atoms with van der Waals surface area (Å²) in [5.74, 6) is 0.886. The predicted molar refractivity (Wildman–Crippen MR) is 127 cm³/mol. The smallest absolute Gasteiger partial charge is 0.148 e. The molecule has 0 spiro atoms. The minimum Gasteiger partial charge on any atom is -0.482 e. The molecule has 1 aliphatic heterocycles. The Kier molecular flexibility index (Phi) is 6.27. The van der Waals surface area contributed by atoms with E-state index in [1.165, 1.54) is 12.3 Å². The van der Waals surface area contributed by atoms with Gasteiger partial charge in [-0.3, -0.25) is 4.98 Å². The third-order valence-electron chi connectivity index (χ3n) is 6.05. The van der Waals surface area contributed by atoms with E-state index >= 15 is 0 Å². The van der Waals surface area contributed by atoms with Crippen LogP contribution >= 0.6 is 0 Å². The molecule has 178 valence electrons. The highest BCUT2D eigenvalue weighted by Gasteiger charge is 2.20. The van der Waals surface area contributed by atoms with Gasteiger partial charge >= 0.3 is 0 Å². The fourth-order valence-electron chi connectivity index (χ4n) is 4.19. The van der Waals surface area contributed by atoms with Crippen molar-refractivity contribution in [2.24, 2.45) is 0 Å². The van der Waals surface area contributed by atoms with Gasteiger partial charge in [-0.25, -0.2) is 13.9 Å². The van der Waals surface area contributed by atoms with E-state index in [0.29, 0.717) is 29.1 Å². The molecule has 1 aliphatic rings. The molecule has 4 aromatic heterocycles. The van der Waals surface area contributed by atoms with Crippen molar-refractivity contribution in [3.8, 4) is 22.9 Å². The maximum absolute atomic E-state index is 13.3. The standard InChI is InChI=1S/C25H24FN7O2/c1-16(22-4-3-20(26)12-29-22)35-23-8-18(13-33-25(23)19(9-27)11-31-33)17-2-5-24(30-10-17)32-7-6-28-21(14-32)15-34/h2-5,8,10-13,16,21,28,34H,6-7,14-15H2,1H3/t16-,21-/m1/s1. The molecule has 0 bridgehead atoms. The first kappa shape index (κ1) is 22.7. The number of nitrogens with one attached hydrogen (secondary N) is 1. The Morgan fingerprint density at radius 3 is 2.83 bits per heavy atom. The number of hydrogen-bond donors (Lipinski definition) is 2. The minimum atomic E-state index is -0.483. The van der Waals surface area contributed by atoms with Crippen molar-refractivity contribution < 1.29 is 14.2 Å². The Balaban J connectivity index is 1.47. The molecular weight excluding hydrogens is 449 g/mol. The first-order valence-corrected chi connectivity index (χ1v) is 11.3. The van der Waals surface area contributed by atoms with E-state index in [9.17, 15) is 14.8 Å². The summed E-state index contributed by atoms with van der Waals surface area (Å²) < 4.78 is 21.1. The van der Waals surface area contributed by atoms with Crippen molar-refractivity contribution in [1.29, 1.82) is 5.26 Å². The summed E-state index contributed by atoms with van der Waals surface area (Å²) in [5.41, 5.74) is 3.17. The van der Waals surface area contributed by atoms with Crippen molar-refractivity contribution >= 4 is 11.3 Å². The molecule has 2 N–H and O–H groups in total. The van der Waals surface area contributed by atoms with E-state index in [1.807, 2.05) is 31.3 Å². The Morgan fingerprint density at radius 1 is 1.23 bits per heavy atom. The molecule has 5 heterocycles. The van der Waals surface area contributed by atoms with Crippen LogP contribution < -0.4 is 15.0 Å². The van der Waals surface area contributed by atoms with Gasteiger partial charge in [0.1, 0.15) is 40.6 Å². The van der Waals surface area contributed by atoms with Gasteiger partial charge in [0.25, 0.3) is 0 Å². The van der Waals surface area contributed by atoms with Gasteiger partial charge in [0, 0.05) is 49.2 Å². The van der Waals surface area contributed by atoms with Crippen LogP contribution in [0.3, 0.4) is 0 Å². The highest BCUT2D eigenvalue weighted by molar-refractivity contribution is 5.75. The number of fused-ring (bicyclic) bond motifs is 1. The Morgan fingerprint density at radius 2 is 2.11 bits per heavy atom. The molecule has 1 saturated heterocycles. The molecule has 2 atom stereocenters. The number of aliphatic hydroxyl groups is 1. The minimum absolute atomic E-state index is 0.0269. The zero-order valence-electron chi connectivity index (χ0n) is 19.1. The number of anilines is 1. The zero-order valence-corrected chi connectivity index (χ0v) is 19.1. The lowest BCUT2D eigenvalue weighted by Gasteiger charge is -2.33. The maximum atomic E-state index is 13.3. The normalized spacial score (nSPS) is 16.7. The molecule has 0 amide bonds. The number of rotatable bonds is 6. The van der Waals surface area contributed by atoms with Crippen molar-refractivity contribution in [3.05, 3.63) is 72.2 Å². The number of nitrogens with zero attached hydrogens (tertiary/aromatic N) is 6. The van der Waals surface area contributed by atoms with Crippen molar-refractivity contribution in [2.45, 2.75) is 19.1 Å². The number of piperazine rings is 1. The van der Waals surface area contributed by atoms with E-state index < -0.39 is 11.9 Å². The van der Waals surface area contributed by atoms with Crippen LogP contribution in [0.4, 0.5) is 10.2 Å². The number of pyridine rings is 3. The predicted octanol–water partition coefficient (Wildman–Crippen LogP) is 2.71. The highest BCUT2D eigenvalue weighted by Crippen LogP contribution is 2.33. The van der Waals surface area contributed by atoms with Crippen LogP contribution in [0.25, 0.3) is 16.6 Å². The number of hydrogen-bond acceptors (Lipinski definition) is 8. The summed E-state index contributed by atoms with van der Waals surface area (Å²) in [6, 6.07) is 10.9. The lowest BCUT2D eigenvalue weighted by molar-refractivity contribution is 0.223. The lowest BCUT2D eigenvalue weighted by atomic mass is 10.1. The average Bonchev–Trinajstić information content (AvgIpc) is 3.32. The number of halogens is 1. The Bertz CT molecular complexity index is 1370. The van der Waals surface area contributed by atoms with Crippen LogP contribution in [0.15, 0.2) is 55.1 Å². The lowest BCUT2D eigenvalue weighted by Crippen LogP contribution is -2.52. The molecule has 5 rings (SSSR count). The summed E-state index contributed by atoms with van der Waals surface area (Å²) in [4.78, 5) is 10.9. The van der Waals surface area contributed by atoms with Crippen molar-refractivity contribution in [1.82, 2.24) is 24.9 Å². The van der Waals surface area contributed by atoms with Crippen LogP contribution in [0.2, 0.25) is 0 Å². The largest absolute Gasteiger partial charge is 0.482 e. The molecule has 35 heavy (non-hydrogen) atoms. The first-order chi connectivity index (χ1) is 17.1. The number of ether oxygens (including phenoxy) is 1. The summed E-state index contributed by atoms with van der Waals surface area (Å²) in [5, 5.41) is 26.6. The maximum Gasteiger partial charge on any atom is 0.148 e. The molecule has 4 aromatic rings. The van der Waals surface area contributed by atoms with Gasteiger partial charge in [-0.05, 0) is 37.3 Å². The molecule has 0 unspecified atom stereocenters. The van der Waals surface area contributed by atoms with E-state index in [0.717, 1.165) is 36.2 Å². The topological polar surface area (TPSA) is 112 Å². The molecule has 9 nitrogen and oxygen atoms in total. The van der Waals surface area contributed by atoms with Gasteiger partial charge in [0.05, 0.1) is 24.7 Å². The summed E-state index contributed by atoms with van der Waals surface area (Å²) in [6.07, 6.45) is 5.78. The van der Waals surface area contributed by atoms with Crippen LogP contribution in [-0.4, -0.2) is 57.0 Å². The Hall–Kier alpha value is -4.07. The van der Waals surface area contributed by atoms with Gasteiger partial charge < -0.3 is 20.1 Å². The number of aromatic nitrogens is 4. The average molecular weight is 474 g/mol. The fraction of sp³-hybridized carbons (Fsp3) is 0.280. The highest BCUT2D eigenvalue weighted by atomic mass is 19.1. The Labute approximate surface area is 201 Å². The van der Waals surface area contributed by atoms with E-state index in [4.69, 9.17) is 4.74 Å². The third kappa shape index (κ3) is 4.64. The molecule has 1 fully saturated rings. The quantitative estimate of drug-likeness (QED) is 0.440. The summed E-state index contributed by atoms with van der Waals surface area (Å²) in [6.45, 7) is 4.18. The second kappa shape index (κ2) is 9.66. The molecule has 0 aromatic carbocycles. The van der Waals surface area contributed by atoms with Gasteiger partial charge in [0.2, 0.25) is 0 Å². The third-order valence-corrected chi connectivity index (χ3v) is 6.05. The molecule has 0 saturated carbocycles. The fourth-order valence-corrected chi connectivity index (χ4v) is 4.19. The molecule has 0 aliphatic carbocycles. The second-order valence-electron chi connectivity index (χ2n) is 8.40. The molecule has 0 radical (unpaired) electrons. The first-order valence-electron chi connectivity index (χ1n) is 11.3. The van der Waals surface area contributed by atoms with Crippen LogP contribution in [-0.2, 0) is 0 Å². The summed E-state index contributed by atoms with van der Waals surface area (Å²) >= 11 is 0. The van der Waals surface area contributed by atoms with Gasteiger partial charge in [-0.2, -0.15) is 10.4 Å². The summed E-state index contributed by atoms with van der Waals surface area (Å²) in [7, 11) is 0. The van der Waals surface area contributed by atoms with Gasteiger partial charge in [-0.15, -0.1) is 0 Å². The van der Waals surface area contributed by atoms with Crippen LogP contribution in [0.5, 0.6) is 5.75 Å². The van der Waals surface area contributed by atoms with E-state index in [2.05, 4.69) is 31.4 Å². The van der Waals surface area contributed by atoms with Gasteiger partial charge in [0.15, 0.2) is 0 Å². The molecule has 10 heteroatoms. The van der Waals surface area contributed by atoms with E-state index in [-0.39, 0.29) is 12.6 Å². The van der Waals surface area contributed by atoms with Crippen molar-refractivity contribution in [2.75, 3.05) is 31.1 Å². The van der Waals surface area contributed by atoms with Gasteiger partial charge in [-0.1, -0.05) is 0 Å². The van der Waals surface area contributed by atoms with E-state index in [1.54, 1.807) is 16.8 Å². The number of nitriles is 1. The molecular formula is C25H24FN7O2. The SMILES string of the molecule is C[C@@H](Oc1cc(-c2ccc(N3CCN[C@@H](CO)C3)nc2)cn2ncc(C#N)c12)c1ccc(F)cn1. The van der Waals surface area contributed by atoms with Crippen molar-refractivity contribution in [3.63, 3.8) is 0 Å². The number of aliphatic hydroxyl groups excluding tert-OH is 1. The second-order valence-corrected chi connectivity index (χ2v) is 8.40. The van der Waals surface area contributed by atoms with Crippen LogP contribution in [0, 0.1) is 17.1 Å². The zero-order chi connectivity index (χ0) is 24.4.